The molecule has 1 heterocycles. The van der Waals surface area contributed by atoms with E-state index in [1.165, 1.54) is 11.1 Å². The lowest BCUT2D eigenvalue weighted by Gasteiger charge is -2.42. The normalized spacial score (nSPS) is 16.9. The lowest BCUT2D eigenvalue weighted by atomic mass is 9.74. The smallest absolute Gasteiger partial charge is 0.367 e. The molecule has 0 bridgehead atoms. The largest absolute Gasteiger partial charge is 0.461 e. The highest BCUT2D eigenvalue weighted by atomic mass is 19.1. The van der Waals surface area contributed by atoms with E-state index in [9.17, 15) is 9.18 Å². The van der Waals surface area contributed by atoms with Crippen LogP contribution >= 0.6 is 0 Å². The number of carbonyl (C=O) groups is 1. The summed E-state index contributed by atoms with van der Waals surface area (Å²) in [5.74, 6) is -1.35. The number of hydrogen-bond acceptors (Lipinski definition) is 3. The van der Waals surface area contributed by atoms with E-state index in [1.807, 2.05) is 0 Å². The number of hydrogen-bond donors (Lipinski definition) is 0. The number of halogens is 1. The van der Waals surface area contributed by atoms with Gasteiger partial charge in [0.25, 0.3) is 0 Å². The van der Waals surface area contributed by atoms with E-state index in [0.717, 1.165) is 37.2 Å². The van der Waals surface area contributed by atoms with Crippen molar-refractivity contribution < 1.29 is 13.9 Å². The minimum atomic E-state index is -0.879. The van der Waals surface area contributed by atoms with E-state index >= 15 is 0 Å². The molecule has 150 valence electrons. The topological polar surface area (TPSA) is 29.5 Å². The lowest BCUT2D eigenvalue weighted by molar-refractivity contribution is -0.140. The number of anilines is 1. The van der Waals surface area contributed by atoms with E-state index in [2.05, 4.69) is 51.7 Å². The third-order valence-electron chi connectivity index (χ3n) is 5.53. The van der Waals surface area contributed by atoms with Crippen molar-refractivity contribution in [2.24, 2.45) is 0 Å². The van der Waals surface area contributed by atoms with Crippen LogP contribution in [0.4, 0.5) is 10.1 Å². The van der Waals surface area contributed by atoms with E-state index in [4.69, 9.17) is 4.74 Å². The summed E-state index contributed by atoms with van der Waals surface area (Å²) in [5, 5.41) is 0. The van der Waals surface area contributed by atoms with Gasteiger partial charge in [-0.3, -0.25) is 0 Å². The van der Waals surface area contributed by atoms with E-state index in [1.54, 1.807) is 13.8 Å². The number of carbonyl (C=O) groups excluding carboxylic acids is 1. The van der Waals surface area contributed by atoms with E-state index in [0.29, 0.717) is 11.5 Å². The molecule has 0 radical (unpaired) electrons. The number of benzene rings is 1. The second-order valence-electron chi connectivity index (χ2n) is 8.40. The molecular formula is C23H34FNO2. The van der Waals surface area contributed by atoms with Gasteiger partial charge in [0.2, 0.25) is 5.83 Å². The maximum atomic E-state index is 14.9. The minimum absolute atomic E-state index is 0.0138. The standard InChI is InChI=1S/C23H34FNO2/c1-8-11-25-12-10-23(6,7)19-14-17(15(3)4)13-18(21(19)25)16(5)20(24)22(26)27-9-2/h13-15H,8-12H2,1-7H3. The predicted octanol–water partition coefficient (Wildman–Crippen LogP) is 5.97. The van der Waals surface area contributed by atoms with Crippen LogP contribution in [0.15, 0.2) is 18.0 Å². The molecule has 1 aromatic carbocycles. The first-order chi connectivity index (χ1) is 12.6. The molecule has 0 spiro atoms. The second kappa shape index (κ2) is 8.45. The monoisotopic (exact) mass is 375 g/mol. The van der Waals surface area contributed by atoms with Crippen molar-refractivity contribution in [3.05, 3.63) is 34.6 Å². The molecule has 2 rings (SSSR count). The Morgan fingerprint density at radius 2 is 1.96 bits per heavy atom. The fourth-order valence-electron chi connectivity index (χ4n) is 3.75. The molecule has 0 aromatic heterocycles. The second-order valence-corrected chi connectivity index (χ2v) is 8.40. The molecule has 0 fully saturated rings. The maximum Gasteiger partial charge on any atom is 0.367 e. The first kappa shape index (κ1) is 21.5. The fourth-order valence-corrected chi connectivity index (χ4v) is 3.75. The van der Waals surface area contributed by atoms with Crippen LogP contribution in [0, 0.1) is 0 Å². The molecule has 0 amide bonds. The van der Waals surface area contributed by atoms with Gasteiger partial charge in [-0.25, -0.2) is 4.79 Å². The molecule has 1 aliphatic rings. The number of fused-ring (bicyclic) bond motifs is 1. The highest BCUT2D eigenvalue weighted by molar-refractivity contribution is 5.97. The molecule has 0 unspecified atom stereocenters. The summed E-state index contributed by atoms with van der Waals surface area (Å²) in [6.07, 6.45) is 2.08. The van der Waals surface area contributed by atoms with Gasteiger partial charge < -0.3 is 9.64 Å². The predicted molar refractivity (Wildman–Crippen MR) is 111 cm³/mol. The maximum absolute atomic E-state index is 14.9. The minimum Gasteiger partial charge on any atom is -0.461 e. The fraction of sp³-hybridized carbons (Fsp3) is 0.609. The number of allylic oxidation sites excluding steroid dienone is 1. The van der Waals surface area contributed by atoms with Crippen LogP contribution in [0.3, 0.4) is 0 Å². The first-order valence-corrected chi connectivity index (χ1v) is 10.1. The Hall–Kier alpha value is -1.84. The van der Waals surface area contributed by atoms with Crippen LogP contribution in [0.2, 0.25) is 0 Å². The van der Waals surface area contributed by atoms with Gasteiger partial charge in [0.05, 0.1) is 6.61 Å². The van der Waals surface area contributed by atoms with Crippen LogP contribution in [-0.2, 0) is 14.9 Å². The highest BCUT2D eigenvalue weighted by Crippen LogP contribution is 2.45. The Kier molecular flexibility index (Phi) is 6.72. The van der Waals surface area contributed by atoms with Crippen molar-refractivity contribution in [2.45, 2.75) is 72.6 Å². The number of rotatable bonds is 6. The quantitative estimate of drug-likeness (QED) is 0.453. The summed E-state index contributed by atoms with van der Waals surface area (Å²) in [5.41, 5.74) is 4.70. The SMILES string of the molecule is CCCN1CCC(C)(C)c2cc(C(C)C)cc(C(C)=C(F)C(=O)OCC)c21. The van der Waals surface area contributed by atoms with Crippen LogP contribution in [0.5, 0.6) is 0 Å². The Bertz CT molecular complexity index is 734. The summed E-state index contributed by atoms with van der Waals surface area (Å²) < 4.78 is 19.8. The van der Waals surface area contributed by atoms with Crippen LogP contribution in [-0.4, -0.2) is 25.7 Å². The van der Waals surface area contributed by atoms with Gasteiger partial charge in [-0.05, 0) is 55.2 Å². The van der Waals surface area contributed by atoms with Crippen molar-refractivity contribution in [3.8, 4) is 0 Å². The number of esters is 1. The van der Waals surface area contributed by atoms with E-state index in [-0.39, 0.29) is 12.0 Å². The molecule has 1 aliphatic heterocycles. The van der Waals surface area contributed by atoms with Gasteiger partial charge in [-0.15, -0.1) is 0 Å². The van der Waals surface area contributed by atoms with Gasteiger partial charge in [-0.2, -0.15) is 4.39 Å². The van der Waals surface area contributed by atoms with Gasteiger partial charge in [0, 0.05) is 29.9 Å². The Morgan fingerprint density at radius 1 is 1.30 bits per heavy atom. The molecule has 0 saturated carbocycles. The third-order valence-corrected chi connectivity index (χ3v) is 5.53. The number of nitrogens with zero attached hydrogens (tertiary/aromatic N) is 1. The molecular weight excluding hydrogens is 341 g/mol. The molecule has 0 N–H and O–H groups in total. The van der Waals surface area contributed by atoms with Crippen molar-refractivity contribution in [3.63, 3.8) is 0 Å². The lowest BCUT2D eigenvalue weighted by Crippen LogP contribution is -2.38. The number of ether oxygens (including phenoxy) is 1. The van der Waals surface area contributed by atoms with Crippen LogP contribution in [0.1, 0.15) is 83.9 Å². The molecule has 0 saturated heterocycles. The van der Waals surface area contributed by atoms with Gasteiger partial charge in [0.1, 0.15) is 0 Å². The van der Waals surface area contributed by atoms with Crippen molar-refractivity contribution >= 4 is 17.2 Å². The van der Waals surface area contributed by atoms with Crippen molar-refractivity contribution in [1.82, 2.24) is 0 Å². The molecule has 3 nitrogen and oxygen atoms in total. The Balaban J connectivity index is 2.77. The van der Waals surface area contributed by atoms with E-state index < -0.39 is 11.8 Å². The summed E-state index contributed by atoms with van der Waals surface area (Å²) in [6.45, 7) is 16.4. The first-order valence-electron chi connectivity index (χ1n) is 10.1. The summed E-state index contributed by atoms with van der Waals surface area (Å²) in [7, 11) is 0. The average molecular weight is 376 g/mol. The van der Waals surface area contributed by atoms with Crippen molar-refractivity contribution in [1.29, 1.82) is 0 Å². The van der Waals surface area contributed by atoms with Crippen LogP contribution in [0.25, 0.3) is 5.57 Å². The molecule has 1 aromatic rings. The summed E-state index contributed by atoms with van der Waals surface area (Å²) in [6, 6.07) is 4.34. The zero-order valence-corrected chi connectivity index (χ0v) is 17.9. The summed E-state index contributed by atoms with van der Waals surface area (Å²) in [4.78, 5) is 14.4. The van der Waals surface area contributed by atoms with Crippen LogP contribution < -0.4 is 4.90 Å². The molecule has 0 atom stereocenters. The molecule has 0 aliphatic carbocycles. The van der Waals surface area contributed by atoms with Gasteiger partial charge >= 0.3 is 5.97 Å². The summed E-state index contributed by atoms with van der Waals surface area (Å²) >= 11 is 0. The zero-order valence-electron chi connectivity index (χ0n) is 17.9. The Labute approximate surface area is 163 Å². The zero-order chi connectivity index (χ0) is 20.4. The molecule has 4 heteroatoms. The Morgan fingerprint density at radius 3 is 2.52 bits per heavy atom. The van der Waals surface area contributed by atoms with Gasteiger partial charge in [0.15, 0.2) is 0 Å². The molecule has 27 heavy (non-hydrogen) atoms. The van der Waals surface area contributed by atoms with Gasteiger partial charge in [-0.1, -0.05) is 40.7 Å². The van der Waals surface area contributed by atoms with Crippen molar-refractivity contribution in [2.75, 3.05) is 24.6 Å². The average Bonchev–Trinajstić information content (AvgIpc) is 2.62. The third kappa shape index (κ3) is 4.36. The highest BCUT2D eigenvalue weighted by Gasteiger charge is 2.34.